The predicted molar refractivity (Wildman–Crippen MR) is 124 cm³/mol. The molecule has 0 saturated carbocycles. The van der Waals surface area contributed by atoms with Crippen LogP contribution in [-0.2, 0) is 6.54 Å². The Balaban J connectivity index is 1.56. The van der Waals surface area contributed by atoms with E-state index in [-0.39, 0.29) is 6.04 Å². The highest BCUT2D eigenvalue weighted by Crippen LogP contribution is 2.48. The Kier molecular flexibility index (Phi) is 5.28. The second kappa shape index (κ2) is 8.10. The SMILES string of the molecule is C=C[C@H]1C[N+]2(Cc3ccccc3)CC[C@H]1C[C@H]2[C@H](O)c1ccnc2ccc(OC)cc12. The first-order valence-corrected chi connectivity index (χ1v) is 11.3. The summed E-state index contributed by atoms with van der Waals surface area (Å²) in [7, 11) is 1.68. The fourth-order valence-corrected chi connectivity index (χ4v) is 6.07. The zero-order valence-electron chi connectivity index (χ0n) is 18.2. The molecule has 160 valence electrons. The Morgan fingerprint density at radius 3 is 2.84 bits per heavy atom. The Morgan fingerprint density at radius 2 is 2.06 bits per heavy atom. The van der Waals surface area contributed by atoms with Crippen molar-refractivity contribution in [2.24, 2.45) is 11.8 Å². The van der Waals surface area contributed by atoms with Gasteiger partial charge in [-0.25, -0.2) is 0 Å². The molecule has 4 heterocycles. The van der Waals surface area contributed by atoms with Gasteiger partial charge in [-0.2, -0.15) is 0 Å². The smallest absolute Gasteiger partial charge is 0.131 e. The molecule has 3 aliphatic rings. The van der Waals surface area contributed by atoms with Crippen LogP contribution in [0.1, 0.15) is 30.1 Å². The third kappa shape index (κ3) is 3.54. The first-order valence-electron chi connectivity index (χ1n) is 11.3. The van der Waals surface area contributed by atoms with E-state index >= 15 is 0 Å². The van der Waals surface area contributed by atoms with Crippen molar-refractivity contribution >= 4 is 10.9 Å². The molecule has 1 unspecified atom stereocenters. The lowest BCUT2D eigenvalue weighted by molar-refractivity contribution is -0.984. The van der Waals surface area contributed by atoms with Crippen molar-refractivity contribution in [3.8, 4) is 5.75 Å². The van der Waals surface area contributed by atoms with E-state index < -0.39 is 6.10 Å². The summed E-state index contributed by atoms with van der Waals surface area (Å²) >= 11 is 0. The van der Waals surface area contributed by atoms with Crippen LogP contribution in [-0.4, -0.2) is 40.8 Å². The summed E-state index contributed by atoms with van der Waals surface area (Å²) in [4.78, 5) is 4.52. The monoisotopic (exact) mass is 415 g/mol. The summed E-state index contributed by atoms with van der Waals surface area (Å²) in [5.74, 6) is 1.92. The number of hydrogen-bond acceptors (Lipinski definition) is 3. The maximum Gasteiger partial charge on any atom is 0.131 e. The molecule has 1 aromatic heterocycles. The van der Waals surface area contributed by atoms with Gasteiger partial charge in [-0.05, 0) is 35.7 Å². The standard InChI is InChI=1S/C27H31N2O2/c1-3-20-18-29(17-19-7-5-4-6-8-19)14-12-21(20)15-26(29)27(30)23-11-13-28-25-10-9-22(31-2)16-24(23)25/h3-11,13,16,20-21,26-27,30H,1,12,14-15,17-18H2,2H3/q+1/t20-,21-,26-,27+,29?/m0/s1. The quantitative estimate of drug-likeness (QED) is 0.460. The normalized spacial score (nSPS) is 28.4. The predicted octanol–water partition coefficient (Wildman–Crippen LogP) is 4.89. The molecule has 1 N–H and O–H groups in total. The molecule has 3 aromatic rings. The second-order valence-corrected chi connectivity index (χ2v) is 9.25. The minimum Gasteiger partial charge on any atom is -0.497 e. The number of fused-ring (bicyclic) bond motifs is 4. The van der Waals surface area contributed by atoms with E-state index in [9.17, 15) is 5.11 Å². The number of ether oxygens (including phenoxy) is 1. The highest BCUT2D eigenvalue weighted by molar-refractivity contribution is 5.83. The third-order valence-corrected chi connectivity index (χ3v) is 7.68. The second-order valence-electron chi connectivity index (χ2n) is 9.25. The van der Waals surface area contributed by atoms with Gasteiger partial charge < -0.3 is 14.3 Å². The van der Waals surface area contributed by atoms with E-state index in [4.69, 9.17) is 4.74 Å². The molecular formula is C27H31N2O2+. The van der Waals surface area contributed by atoms with Gasteiger partial charge in [-0.1, -0.05) is 36.4 Å². The maximum atomic E-state index is 11.8. The molecule has 2 bridgehead atoms. The number of aliphatic hydroxyl groups excluding tert-OH is 1. The van der Waals surface area contributed by atoms with E-state index in [0.717, 1.165) is 52.8 Å². The number of nitrogens with zero attached hydrogens (tertiary/aromatic N) is 2. The third-order valence-electron chi connectivity index (χ3n) is 7.68. The molecule has 0 aliphatic carbocycles. The minimum atomic E-state index is -0.546. The molecule has 3 fully saturated rings. The van der Waals surface area contributed by atoms with Gasteiger partial charge in [-0.3, -0.25) is 4.98 Å². The Morgan fingerprint density at radius 1 is 1.23 bits per heavy atom. The number of rotatable bonds is 6. The van der Waals surface area contributed by atoms with Crippen molar-refractivity contribution in [1.82, 2.24) is 4.98 Å². The van der Waals surface area contributed by atoms with E-state index in [1.54, 1.807) is 7.11 Å². The largest absolute Gasteiger partial charge is 0.497 e. The number of methoxy groups -OCH3 is 1. The fraction of sp³-hybridized carbons (Fsp3) is 0.370. The van der Waals surface area contributed by atoms with Crippen molar-refractivity contribution in [2.45, 2.75) is 31.5 Å². The number of aromatic nitrogens is 1. The van der Waals surface area contributed by atoms with Crippen LogP contribution in [0.2, 0.25) is 0 Å². The van der Waals surface area contributed by atoms with Crippen LogP contribution >= 0.6 is 0 Å². The number of hydrogen-bond donors (Lipinski definition) is 1. The zero-order chi connectivity index (χ0) is 21.4. The van der Waals surface area contributed by atoms with E-state index in [2.05, 4.69) is 48.0 Å². The highest BCUT2D eigenvalue weighted by Gasteiger charge is 2.53. The first kappa shape index (κ1) is 20.2. The van der Waals surface area contributed by atoms with E-state index in [1.807, 2.05) is 30.5 Å². The molecule has 0 amide bonds. The van der Waals surface area contributed by atoms with Crippen LogP contribution in [0.25, 0.3) is 10.9 Å². The molecule has 4 heteroatoms. The zero-order valence-corrected chi connectivity index (χ0v) is 18.2. The minimum absolute atomic E-state index is 0.159. The number of piperidine rings is 3. The van der Waals surface area contributed by atoms with Crippen molar-refractivity contribution in [1.29, 1.82) is 0 Å². The van der Waals surface area contributed by atoms with Gasteiger partial charge in [0, 0.05) is 35.9 Å². The Labute approximate surface area is 184 Å². The molecule has 6 rings (SSSR count). The van der Waals surface area contributed by atoms with Gasteiger partial charge in [0.2, 0.25) is 0 Å². The van der Waals surface area contributed by atoms with Crippen molar-refractivity contribution in [3.63, 3.8) is 0 Å². The fourth-order valence-electron chi connectivity index (χ4n) is 6.07. The Bertz CT molecular complexity index is 1080. The summed E-state index contributed by atoms with van der Waals surface area (Å²) in [6.07, 6.45) is 5.65. The number of pyridine rings is 1. The molecular weight excluding hydrogens is 384 g/mol. The average Bonchev–Trinajstić information content (AvgIpc) is 2.83. The molecule has 3 aliphatic heterocycles. The lowest BCUT2D eigenvalue weighted by atomic mass is 9.71. The molecule has 0 spiro atoms. The summed E-state index contributed by atoms with van der Waals surface area (Å²) in [6.45, 7) is 7.25. The van der Waals surface area contributed by atoms with Crippen molar-refractivity contribution in [2.75, 3.05) is 20.2 Å². The van der Waals surface area contributed by atoms with Crippen LogP contribution < -0.4 is 4.74 Å². The summed E-state index contributed by atoms with van der Waals surface area (Å²) in [5.41, 5.74) is 3.19. The molecule has 4 nitrogen and oxygen atoms in total. The van der Waals surface area contributed by atoms with Crippen LogP contribution in [0.4, 0.5) is 0 Å². The van der Waals surface area contributed by atoms with Crippen LogP contribution in [0.15, 0.2) is 73.4 Å². The number of quaternary nitrogens is 1. The lowest BCUT2D eigenvalue weighted by Crippen LogP contribution is -2.67. The van der Waals surface area contributed by atoms with E-state index in [0.29, 0.717) is 11.8 Å². The molecule has 3 saturated heterocycles. The number of benzene rings is 2. The molecule has 5 atom stereocenters. The van der Waals surface area contributed by atoms with Crippen molar-refractivity contribution in [3.05, 3.63) is 84.6 Å². The molecule has 0 radical (unpaired) electrons. The maximum absolute atomic E-state index is 11.8. The average molecular weight is 416 g/mol. The molecule has 31 heavy (non-hydrogen) atoms. The van der Waals surface area contributed by atoms with Gasteiger partial charge in [0.15, 0.2) is 0 Å². The van der Waals surface area contributed by atoms with Gasteiger partial charge in [0.05, 0.1) is 25.7 Å². The Hall–Kier alpha value is -2.69. The van der Waals surface area contributed by atoms with E-state index in [1.165, 1.54) is 12.0 Å². The van der Waals surface area contributed by atoms with Crippen LogP contribution in [0.5, 0.6) is 5.75 Å². The lowest BCUT2D eigenvalue weighted by Gasteiger charge is -2.58. The summed E-state index contributed by atoms with van der Waals surface area (Å²) < 4.78 is 6.38. The van der Waals surface area contributed by atoms with Gasteiger partial charge in [-0.15, -0.1) is 6.58 Å². The van der Waals surface area contributed by atoms with Gasteiger partial charge >= 0.3 is 0 Å². The first-order chi connectivity index (χ1) is 15.1. The van der Waals surface area contributed by atoms with Gasteiger partial charge in [0.25, 0.3) is 0 Å². The van der Waals surface area contributed by atoms with Crippen molar-refractivity contribution < 1.29 is 14.3 Å². The summed E-state index contributed by atoms with van der Waals surface area (Å²) in [6, 6.07) is 18.8. The topological polar surface area (TPSA) is 42.4 Å². The van der Waals surface area contributed by atoms with Crippen LogP contribution in [0, 0.1) is 11.8 Å². The summed E-state index contributed by atoms with van der Waals surface area (Å²) in [5, 5.41) is 12.8. The van der Waals surface area contributed by atoms with Gasteiger partial charge in [0.1, 0.15) is 24.4 Å². The van der Waals surface area contributed by atoms with Crippen LogP contribution in [0.3, 0.4) is 0 Å². The molecule has 2 aromatic carbocycles. The number of aliphatic hydroxyl groups is 1. The highest BCUT2D eigenvalue weighted by atomic mass is 16.5.